The molecule has 0 unspecified atom stereocenters. The van der Waals surface area contributed by atoms with Crippen molar-refractivity contribution < 1.29 is 4.79 Å². The van der Waals surface area contributed by atoms with Gasteiger partial charge in [0, 0.05) is 6.54 Å². The van der Waals surface area contributed by atoms with Crippen molar-refractivity contribution in [3.63, 3.8) is 0 Å². The van der Waals surface area contributed by atoms with Gasteiger partial charge in [0.25, 0.3) is 5.91 Å². The normalized spacial score (nSPS) is 10.8. The van der Waals surface area contributed by atoms with E-state index in [9.17, 15) is 4.79 Å². The monoisotopic (exact) mass is 254 g/mol. The summed E-state index contributed by atoms with van der Waals surface area (Å²) in [6.45, 7) is 10.3. The van der Waals surface area contributed by atoms with Crippen LogP contribution in [-0.2, 0) is 0 Å². The summed E-state index contributed by atoms with van der Waals surface area (Å²) < 4.78 is 0. The second kappa shape index (κ2) is 7.45. The molecule has 1 aromatic heterocycles. The lowest BCUT2D eigenvalue weighted by atomic mass is 10.3. The Morgan fingerprint density at radius 1 is 1.41 bits per heavy atom. The van der Waals surface area contributed by atoms with Gasteiger partial charge < -0.3 is 10.2 Å². The third kappa shape index (κ3) is 4.48. The Morgan fingerprint density at radius 2 is 2.12 bits per heavy atom. The number of rotatable bonds is 7. The van der Waals surface area contributed by atoms with Crippen LogP contribution in [0.3, 0.4) is 0 Å². The van der Waals surface area contributed by atoms with Gasteiger partial charge in [-0.1, -0.05) is 13.8 Å². The molecular weight excluding hydrogens is 232 g/mol. The molecule has 0 aliphatic carbocycles. The van der Waals surface area contributed by atoms with E-state index in [4.69, 9.17) is 0 Å². The van der Waals surface area contributed by atoms with E-state index in [0.29, 0.717) is 0 Å². The predicted molar refractivity (Wildman–Crippen MR) is 73.8 cm³/mol. The van der Waals surface area contributed by atoms with Crippen molar-refractivity contribution in [3.8, 4) is 0 Å². The number of amides is 1. The van der Waals surface area contributed by atoms with Gasteiger partial charge in [-0.25, -0.2) is 0 Å². The van der Waals surface area contributed by atoms with Gasteiger partial charge in [0.05, 0.1) is 4.88 Å². The Bertz CT molecular complexity index is 345. The molecule has 3 nitrogen and oxygen atoms in total. The first-order valence-corrected chi connectivity index (χ1v) is 7.11. The summed E-state index contributed by atoms with van der Waals surface area (Å²) in [4.78, 5) is 15.0. The highest BCUT2D eigenvalue weighted by Gasteiger charge is 2.09. The zero-order valence-electron chi connectivity index (χ0n) is 11.0. The van der Waals surface area contributed by atoms with Crippen LogP contribution in [0.2, 0.25) is 0 Å². The fourth-order valence-corrected chi connectivity index (χ4v) is 2.57. The fourth-order valence-electron chi connectivity index (χ4n) is 1.73. The largest absolute Gasteiger partial charge is 0.351 e. The molecule has 96 valence electrons. The first kappa shape index (κ1) is 14.2. The summed E-state index contributed by atoms with van der Waals surface area (Å²) in [6, 6.07) is 1.98. The van der Waals surface area contributed by atoms with Crippen LogP contribution < -0.4 is 5.32 Å². The van der Waals surface area contributed by atoms with Crippen molar-refractivity contribution in [2.75, 3.05) is 26.2 Å². The molecule has 1 N–H and O–H groups in total. The quantitative estimate of drug-likeness (QED) is 0.758. The molecule has 0 radical (unpaired) electrons. The number of aryl methyl sites for hydroxylation is 1. The molecule has 17 heavy (non-hydrogen) atoms. The topological polar surface area (TPSA) is 32.3 Å². The van der Waals surface area contributed by atoms with Crippen molar-refractivity contribution in [3.05, 3.63) is 21.9 Å². The van der Waals surface area contributed by atoms with E-state index in [0.717, 1.165) is 43.0 Å². The minimum atomic E-state index is 0.0667. The highest BCUT2D eigenvalue weighted by atomic mass is 32.1. The molecule has 1 heterocycles. The second-order valence-electron chi connectivity index (χ2n) is 4.07. The smallest absolute Gasteiger partial charge is 0.261 e. The summed E-state index contributed by atoms with van der Waals surface area (Å²) in [6.07, 6.45) is 1.01. The minimum absolute atomic E-state index is 0.0667. The molecule has 1 rings (SSSR count). The Hall–Kier alpha value is -0.870. The van der Waals surface area contributed by atoms with Crippen LogP contribution in [0.15, 0.2) is 11.4 Å². The number of carbonyl (C=O) groups is 1. The maximum atomic E-state index is 11.8. The van der Waals surface area contributed by atoms with Crippen molar-refractivity contribution in [1.82, 2.24) is 10.2 Å². The average Bonchev–Trinajstić information content (AvgIpc) is 2.75. The fraction of sp³-hybridized carbons (Fsp3) is 0.615. The highest BCUT2D eigenvalue weighted by molar-refractivity contribution is 7.12. The number of hydrogen-bond acceptors (Lipinski definition) is 3. The van der Waals surface area contributed by atoms with Crippen LogP contribution in [0.1, 0.15) is 35.5 Å². The highest BCUT2D eigenvalue weighted by Crippen LogP contribution is 2.14. The Balaban J connectivity index is 2.23. The summed E-state index contributed by atoms with van der Waals surface area (Å²) in [7, 11) is 0. The molecule has 0 saturated carbocycles. The maximum Gasteiger partial charge on any atom is 0.261 e. The van der Waals surface area contributed by atoms with Gasteiger partial charge in [-0.15, -0.1) is 11.3 Å². The lowest BCUT2D eigenvalue weighted by Gasteiger charge is -2.17. The molecule has 0 fully saturated rings. The maximum absolute atomic E-state index is 11.8. The van der Waals surface area contributed by atoms with Crippen LogP contribution >= 0.6 is 11.3 Å². The SMILES string of the molecule is CCN(CC)CCCNC(=O)c1sccc1C. The van der Waals surface area contributed by atoms with Crippen molar-refractivity contribution in [1.29, 1.82) is 0 Å². The third-order valence-electron chi connectivity index (χ3n) is 2.90. The zero-order chi connectivity index (χ0) is 12.7. The molecule has 4 heteroatoms. The van der Waals surface area contributed by atoms with Gasteiger partial charge >= 0.3 is 0 Å². The molecule has 0 bridgehead atoms. The van der Waals surface area contributed by atoms with Gasteiger partial charge in [0.1, 0.15) is 0 Å². The number of hydrogen-bond donors (Lipinski definition) is 1. The van der Waals surface area contributed by atoms with Gasteiger partial charge in [-0.3, -0.25) is 4.79 Å². The predicted octanol–water partition coefficient (Wildman–Crippen LogP) is 2.52. The van der Waals surface area contributed by atoms with Crippen molar-refractivity contribution in [2.45, 2.75) is 27.2 Å². The van der Waals surface area contributed by atoms with Crippen molar-refractivity contribution in [2.24, 2.45) is 0 Å². The third-order valence-corrected chi connectivity index (χ3v) is 3.91. The minimum Gasteiger partial charge on any atom is -0.351 e. The molecule has 0 aromatic carbocycles. The lowest BCUT2D eigenvalue weighted by Crippen LogP contribution is -2.29. The van der Waals surface area contributed by atoms with Crippen molar-refractivity contribution >= 4 is 17.2 Å². The van der Waals surface area contributed by atoms with E-state index in [1.807, 2.05) is 18.4 Å². The first-order chi connectivity index (χ1) is 8.19. The molecule has 0 spiro atoms. The first-order valence-electron chi connectivity index (χ1n) is 6.23. The van der Waals surface area contributed by atoms with Gasteiger partial charge in [-0.05, 0) is 50.0 Å². The summed E-state index contributed by atoms with van der Waals surface area (Å²) in [5.41, 5.74) is 1.07. The second-order valence-corrected chi connectivity index (χ2v) is 4.99. The van der Waals surface area contributed by atoms with Crippen LogP contribution in [0.25, 0.3) is 0 Å². The molecule has 0 aliphatic heterocycles. The number of nitrogens with zero attached hydrogens (tertiary/aromatic N) is 1. The van der Waals surface area contributed by atoms with Crippen LogP contribution in [0.4, 0.5) is 0 Å². The lowest BCUT2D eigenvalue weighted by molar-refractivity contribution is 0.0955. The average molecular weight is 254 g/mol. The van der Waals surface area contributed by atoms with Gasteiger partial charge in [0.2, 0.25) is 0 Å². The molecular formula is C13H22N2OS. The zero-order valence-corrected chi connectivity index (χ0v) is 11.8. The number of thiophene rings is 1. The van der Waals surface area contributed by atoms with Crippen LogP contribution in [0, 0.1) is 6.92 Å². The van der Waals surface area contributed by atoms with E-state index in [1.54, 1.807) is 0 Å². The van der Waals surface area contributed by atoms with E-state index >= 15 is 0 Å². The van der Waals surface area contributed by atoms with Crippen LogP contribution in [0.5, 0.6) is 0 Å². The summed E-state index contributed by atoms with van der Waals surface area (Å²) in [5, 5.41) is 4.93. The number of nitrogens with one attached hydrogen (secondary N) is 1. The van der Waals surface area contributed by atoms with E-state index < -0.39 is 0 Å². The van der Waals surface area contributed by atoms with E-state index in [-0.39, 0.29) is 5.91 Å². The molecule has 0 aliphatic rings. The number of carbonyl (C=O) groups excluding carboxylic acids is 1. The molecule has 0 atom stereocenters. The standard InChI is InChI=1S/C13H22N2OS/c1-4-15(5-2)9-6-8-14-13(16)12-11(3)7-10-17-12/h7,10H,4-6,8-9H2,1-3H3,(H,14,16). The van der Waals surface area contributed by atoms with E-state index in [2.05, 4.69) is 24.1 Å². The van der Waals surface area contributed by atoms with Gasteiger partial charge in [-0.2, -0.15) is 0 Å². The Kier molecular flexibility index (Phi) is 6.22. The van der Waals surface area contributed by atoms with Gasteiger partial charge in [0.15, 0.2) is 0 Å². The van der Waals surface area contributed by atoms with E-state index in [1.165, 1.54) is 11.3 Å². The summed E-state index contributed by atoms with van der Waals surface area (Å²) >= 11 is 1.51. The summed E-state index contributed by atoms with van der Waals surface area (Å²) in [5.74, 6) is 0.0667. The Labute approximate surface area is 108 Å². The van der Waals surface area contributed by atoms with Crippen LogP contribution in [-0.4, -0.2) is 37.0 Å². The Morgan fingerprint density at radius 3 is 2.65 bits per heavy atom. The molecule has 1 amide bonds. The molecule has 0 saturated heterocycles. The molecule has 1 aromatic rings.